The molecule has 1 amide bonds. The van der Waals surface area contributed by atoms with Crippen LogP contribution in [0.15, 0.2) is 12.3 Å². The van der Waals surface area contributed by atoms with Gasteiger partial charge in [-0.25, -0.2) is 9.97 Å². The molecule has 1 aromatic heterocycles. The second kappa shape index (κ2) is 7.50. The number of rotatable bonds is 1. The second-order valence-electron chi connectivity index (χ2n) is 6.75. The average Bonchev–Trinajstić information content (AvgIpc) is 2.27. The molecule has 0 saturated carbocycles. The molecule has 1 aromatic rings. The van der Waals surface area contributed by atoms with Gasteiger partial charge in [0.05, 0.1) is 0 Å². The Kier molecular flexibility index (Phi) is 6.97. The summed E-state index contributed by atoms with van der Waals surface area (Å²) in [5.41, 5.74) is 0.0403. The van der Waals surface area contributed by atoms with Crippen molar-refractivity contribution in [1.29, 1.82) is 0 Å². The Labute approximate surface area is 131 Å². The van der Waals surface area contributed by atoms with E-state index < -0.39 is 5.41 Å². The molecule has 5 nitrogen and oxygen atoms in total. The minimum Gasteiger partial charge on any atom is -0.294 e. The summed E-state index contributed by atoms with van der Waals surface area (Å²) in [5.74, 6) is 0.285. The monoisotopic (exact) mass is 313 g/mol. The fourth-order valence-electron chi connectivity index (χ4n) is 0.798. The average molecular weight is 314 g/mol. The van der Waals surface area contributed by atoms with E-state index in [0.717, 1.165) is 5.69 Å². The molecule has 0 unspecified atom stereocenters. The van der Waals surface area contributed by atoms with E-state index in [-0.39, 0.29) is 16.6 Å². The first-order valence-corrected chi connectivity index (χ1v) is 7.03. The maximum atomic E-state index is 11.6. The Balaban J connectivity index is 0.000000486. The minimum atomic E-state index is -0.424. The zero-order valence-corrected chi connectivity index (χ0v) is 14.5. The Hall–Kier alpha value is -1.49. The quantitative estimate of drug-likeness (QED) is 0.804. The lowest BCUT2D eigenvalue weighted by Crippen LogP contribution is -2.28. The van der Waals surface area contributed by atoms with Crippen LogP contribution in [0.3, 0.4) is 0 Å². The van der Waals surface area contributed by atoms with E-state index in [0.29, 0.717) is 5.95 Å². The number of halogens is 1. The molecule has 21 heavy (non-hydrogen) atoms. The lowest BCUT2D eigenvalue weighted by atomic mass is 9.96. The molecule has 1 N–H and O–H groups in total. The normalized spacial score (nSPS) is 11.2. The molecular weight excluding hydrogens is 290 g/mol. The van der Waals surface area contributed by atoms with Crippen molar-refractivity contribution >= 4 is 28.7 Å². The number of hydrogen-bond acceptors (Lipinski definition) is 4. The van der Waals surface area contributed by atoms with Crippen molar-refractivity contribution in [3.63, 3.8) is 0 Å². The first-order valence-electron chi connectivity index (χ1n) is 6.65. The van der Waals surface area contributed by atoms with E-state index in [1.54, 1.807) is 33.0 Å². The van der Waals surface area contributed by atoms with Crippen molar-refractivity contribution in [3.05, 3.63) is 18.0 Å². The van der Waals surface area contributed by atoms with Crippen LogP contribution in [0.5, 0.6) is 0 Å². The first kappa shape index (κ1) is 19.5. The van der Waals surface area contributed by atoms with Gasteiger partial charge in [-0.15, -0.1) is 0 Å². The maximum Gasteiger partial charge on any atom is 0.232 e. The van der Waals surface area contributed by atoms with Crippen molar-refractivity contribution in [3.8, 4) is 0 Å². The smallest absolute Gasteiger partial charge is 0.232 e. The molecule has 0 fully saturated rings. The van der Waals surface area contributed by atoms with Gasteiger partial charge in [0.2, 0.25) is 17.1 Å². The fraction of sp³-hybridized carbons (Fsp3) is 0.600. The molecule has 0 radical (unpaired) electrons. The zero-order valence-electron chi connectivity index (χ0n) is 13.7. The third kappa shape index (κ3) is 8.40. The van der Waals surface area contributed by atoms with Gasteiger partial charge in [-0.1, -0.05) is 41.5 Å². The number of aryl methyl sites for hydroxylation is 1. The van der Waals surface area contributed by atoms with Gasteiger partial charge in [0, 0.05) is 22.7 Å². The minimum absolute atomic E-state index is 0.0805. The molecule has 118 valence electrons. The van der Waals surface area contributed by atoms with Gasteiger partial charge in [0.25, 0.3) is 0 Å². The van der Waals surface area contributed by atoms with Crippen LogP contribution in [-0.2, 0) is 9.59 Å². The standard InChI is InChI=1S/C10H15N3O.C5H9ClO/c1-7-5-6-11-9(12-7)13-8(14)10(2,3)4;1-5(2,3)4(6)7/h5-6H,1-4H3,(H,11,12,13,14);1-3H3. The van der Waals surface area contributed by atoms with Crippen LogP contribution in [0.1, 0.15) is 47.2 Å². The van der Waals surface area contributed by atoms with Gasteiger partial charge in [0.15, 0.2) is 0 Å². The van der Waals surface area contributed by atoms with Gasteiger partial charge in [-0.2, -0.15) is 0 Å². The van der Waals surface area contributed by atoms with E-state index in [4.69, 9.17) is 11.6 Å². The predicted octanol–water partition coefficient (Wildman–Crippen LogP) is 3.57. The van der Waals surface area contributed by atoms with Crippen LogP contribution in [-0.4, -0.2) is 21.1 Å². The summed E-state index contributed by atoms with van der Waals surface area (Å²) < 4.78 is 0. The van der Waals surface area contributed by atoms with Crippen molar-refractivity contribution in [2.45, 2.75) is 48.5 Å². The number of hydrogen-bond donors (Lipinski definition) is 1. The van der Waals surface area contributed by atoms with Gasteiger partial charge in [-0.05, 0) is 24.6 Å². The molecule has 1 rings (SSSR count). The fourth-order valence-corrected chi connectivity index (χ4v) is 0.798. The van der Waals surface area contributed by atoms with Crippen molar-refractivity contribution in [2.75, 3.05) is 5.32 Å². The van der Waals surface area contributed by atoms with Gasteiger partial charge < -0.3 is 0 Å². The number of amides is 1. The molecular formula is C15H24ClN3O2. The molecule has 1 heterocycles. The van der Waals surface area contributed by atoms with E-state index in [1.165, 1.54) is 0 Å². The van der Waals surface area contributed by atoms with Crippen LogP contribution in [0.4, 0.5) is 5.95 Å². The Bertz CT molecular complexity index is 502. The topological polar surface area (TPSA) is 72.0 Å². The number of carbonyl (C=O) groups is 2. The third-order valence-electron chi connectivity index (χ3n) is 2.29. The predicted molar refractivity (Wildman–Crippen MR) is 85.2 cm³/mol. The summed E-state index contributed by atoms with van der Waals surface area (Å²) in [6.45, 7) is 12.7. The van der Waals surface area contributed by atoms with Gasteiger partial charge in [-0.3, -0.25) is 14.9 Å². The van der Waals surface area contributed by atoms with Crippen LogP contribution in [0.25, 0.3) is 0 Å². The maximum absolute atomic E-state index is 11.6. The van der Waals surface area contributed by atoms with Crippen molar-refractivity contribution < 1.29 is 9.59 Å². The Morgan fingerprint density at radius 2 is 1.57 bits per heavy atom. The van der Waals surface area contributed by atoms with E-state index in [2.05, 4.69) is 15.3 Å². The van der Waals surface area contributed by atoms with Gasteiger partial charge >= 0.3 is 0 Å². The number of carbonyl (C=O) groups excluding carboxylic acids is 2. The third-order valence-corrected chi connectivity index (χ3v) is 2.86. The SMILES string of the molecule is CC(C)(C)C(=O)Cl.Cc1ccnc(NC(=O)C(C)(C)C)n1. The Morgan fingerprint density at radius 3 is 1.90 bits per heavy atom. The lowest BCUT2D eigenvalue weighted by Gasteiger charge is -2.16. The second-order valence-corrected chi connectivity index (χ2v) is 7.09. The van der Waals surface area contributed by atoms with Crippen LogP contribution >= 0.6 is 11.6 Å². The molecule has 0 bridgehead atoms. The number of nitrogens with one attached hydrogen (secondary N) is 1. The van der Waals surface area contributed by atoms with Crippen LogP contribution < -0.4 is 5.32 Å². The number of nitrogens with zero attached hydrogens (tertiary/aromatic N) is 2. The van der Waals surface area contributed by atoms with Crippen molar-refractivity contribution in [2.24, 2.45) is 10.8 Å². The largest absolute Gasteiger partial charge is 0.294 e. The lowest BCUT2D eigenvalue weighted by molar-refractivity contribution is -0.123. The van der Waals surface area contributed by atoms with Crippen LogP contribution in [0.2, 0.25) is 0 Å². The van der Waals surface area contributed by atoms with E-state index in [1.807, 2.05) is 27.7 Å². The molecule has 0 aliphatic rings. The molecule has 0 aromatic carbocycles. The molecule has 0 aliphatic carbocycles. The molecule has 6 heteroatoms. The number of aromatic nitrogens is 2. The summed E-state index contributed by atoms with van der Waals surface area (Å²) in [7, 11) is 0. The summed E-state index contributed by atoms with van der Waals surface area (Å²) in [5, 5.41) is 2.38. The highest BCUT2D eigenvalue weighted by Gasteiger charge is 2.21. The summed E-state index contributed by atoms with van der Waals surface area (Å²) in [6.07, 6.45) is 1.63. The molecule has 0 saturated heterocycles. The summed E-state index contributed by atoms with van der Waals surface area (Å²) >= 11 is 5.11. The molecule has 0 atom stereocenters. The highest BCUT2D eigenvalue weighted by Crippen LogP contribution is 2.16. The zero-order chi connectivity index (χ0) is 16.8. The molecule has 0 aliphatic heterocycles. The van der Waals surface area contributed by atoms with E-state index >= 15 is 0 Å². The van der Waals surface area contributed by atoms with E-state index in [9.17, 15) is 9.59 Å². The first-order chi connectivity index (χ1) is 9.34. The highest BCUT2D eigenvalue weighted by molar-refractivity contribution is 6.64. The summed E-state index contributed by atoms with van der Waals surface area (Å²) in [6, 6.07) is 1.78. The molecule has 0 spiro atoms. The Morgan fingerprint density at radius 1 is 1.10 bits per heavy atom. The highest BCUT2D eigenvalue weighted by atomic mass is 35.5. The van der Waals surface area contributed by atoms with Gasteiger partial charge in [0.1, 0.15) is 0 Å². The van der Waals surface area contributed by atoms with Crippen molar-refractivity contribution in [1.82, 2.24) is 9.97 Å². The number of anilines is 1. The summed E-state index contributed by atoms with van der Waals surface area (Å²) in [4.78, 5) is 29.8. The van der Waals surface area contributed by atoms with Crippen LogP contribution in [0, 0.1) is 17.8 Å².